The minimum atomic E-state index is -0.308. The van der Waals surface area contributed by atoms with Crippen LogP contribution in [0.15, 0.2) is 102 Å². The van der Waals surface area contributed by atoms with Crippen molar-refractivity contribution in [2.45, 2.75) is 13.1 Å². The molecule has 2 amide bonds. The number of carbonyl (C=O) groups is 2. The Bertz CT molecular complexity index is 1410. The minimum Gasteiger partial charge on any atom is -0.497 e. The van der Waals surface area contributed by atoms with E-state index in [0.717, 1.165) is 11.1 Å². The van der Waals surface area contributed by atoms with E-state index in [-0.39, 0.29) is 24.0 Å². The molecule has 0 atom stereocenters. The molecule has 3 aromatic carbocycles. The quantitative estimate of drug-likeness (QED) is 0.347. The summed E-state index contributed by atoms with van der Waals surface area (Å²) in [6.45, 7) is 0.689. The Kier molecular flexibility index (Phi) is 8.33. The van der Waals surface area contributed by atoms with Gasteiger partial charge >= 0.3 is 0 Å². The molecular weight excluding hydrogens is 470 g/mol. The molecule has 0 saturated carbocycles. The fourth-order valence-electron chi connectivity index (χ4n) is 3.58. The van der Waals surface area contributed by atoms with E-state index in [0.29, 0.717) is 35.8 Å². The van der Waals surface area contributed by atoms with Crippen LogP contribution in [0.4, 0.5) is 5.69 Å². The molecule has 0 saturated heterocycles. The number of ether oxygens (including phenoxy) is 2. The molecule has 0 spiro atoms. The van der Waals surface area contributed by atoms with Crippen LogP contribution in [0.1, 0.15) is 21.5 Å². The first-order chi connectivity index (χ1) is 18.0. The zero-order valence-corrected chi connectivity index (χ0v) is 20.3. The van der Waals surface area contributed by atoms with Crippen LogP contribution in [0.2, 0.25) is 0 Å². The van der Waals surface area contributed by atoms with E-state index in [1.165, 1.54) is 6.07 Å². The molecule has 1 heterocycles. The van der Waals surface area contributed by atoms with Crippen molar-refractivity contribution in [2.24, 2.45) is 0 Å². The van der Waals surface area contributed by atoms with Crippen LogP contribution in [-0.2, 0) is 17.9 Å². The zero-order valence-electron chi connectivity index (χ0n) is 20.3. The molecule has 4 rings (SSSR count). The van der Waals surface area contributed by atoms with Gasteiger partial charge in [0.05, 0.1) is 13.7 Å². The lowest BCUT2D eigenvalue weighted by Gasteiger charge is -2.10. The van der Waals surface area contributed by atoms with Crippen molar-refractivity contribution < 1.29 is 19.1 Å². The SMILES string of the molecule is COc1cccc(NC(=O)COc2ccc(C(=O)NCc3ccc(Cn4ccccc4=O)cc3)cc2)c1. The number of nitrogens with one attached hydrogen (secondary N) is 2. The summed E-state index contributed by atoms with van der Waals surface area (Å²) >= 11 is 0. The van der Waals surface area contributed by atoms with Gasteiger partial charge in [-0.1, -0.05) is 36.4 Å². The van der Waals surface area contributed by atoms with Crippen LogP contribution >= 0.6 is 0 Å². The summed E-state index contributed by atoms with van der Waals surface area (Å²) in [5.74, 6) is 0.593. The molecule has 0 bridgehead atoms. The lowest BCUT2D eigenvalue weighted by atomic mass is 10.1. The monoisotopic (exact) mass is 497 g/mol. The molecule has 0 aliphatic heterocycles. The van der Waals surface area contributed by atoms with Crippen LogP contribution < -0.4 is 25.7 Å². The molecule has 188 valence electrons. The maximum absolute atomic E-state index is 12.5. The lowest BCUT2D eigenvalue weighted by molar-refractivity contribution is -0.118. The van der Waals surface area contributed by atoms with Crippen molar-refractivity contribution in [1.29, 1.82) is 0 Å². The molecule has 0 unspecified atom stereocenters. The third kappa shape index (κ3) is 7.32. The number of benzene rings is 3. The Morgan fingerprint density at radius 2 is 1.59 bits per heavy atom. The van der Waals surface area contributed by atoms with Crippen molar-refractivity contribution in [1.82, 2.24) is 9.88 Å². The number of aromatic nitrogens is 1. The summed E-state index contributed by atoms with van der Waals surface area (Å²) in [7, 11) is 1.56. The molecule has 2 N–H and O–H groups in total. The van der Waals surface area contributed by atoms with Gasteiger partial charge < -0.3 is 24.7 Å². The number of pyridine rings is 1. The second-order valence-corrected chi connectivity index (χ2v) is 8.26. The first kappa shape index (κ1) is 25.2. The van der Waals surface area contributed by atoms with Crippen molar-refractivity contribution in [3.63, 3.8) is 0 Å². The topological polar surface area (TPSA) is 98.7 Å². The largest absolute Gasteiger partial charge is 0.497 e. The first-order valence-electron chi connectivity index (χ1n) is 11.7. The lowest BCUT2D eigenvalue weighted by Crippen LogP contribution is -2.23. The average Bonchev–Trinajstić information content (AvgIpc) is 2.93. The highest BCUT2D eigenvalue weighted by molar-refractivity contribution is 5.94. The number of hydrogen-bond acceptors (Lipinski definition) is 5. The normalized spacial score (nSPS) is 10.4. The molecule has 8 nitrogen and oxygen atoms in total. The molecule has 37 heavy (non-hydrogen) atoms. The van der Waals surface area contributed by atoms with Crippen LogP contribution in [0.25, 0.3) is 0 Å². The van der Waals surface area contributed by atoms with E-state index in [1.807, 2.05) is 30.3 Å². The number of carbonyl (C=O) groups excluding carboxylic acids is 2. The fraction of sp³-hybridized carbons (Fsp3) is 0.138. The maximum Gasteiger partial charge on any atom is 0.262 e. The Labute approximate surface area is 214 Å². The van der Waals surface area contributed by atoms with Gasteiger partial charge in [0.25, 0.3) is 17.4 Å². The zero-order chi connectivity index (χ0) is 26.0. The number of methoxy groups -OCH3 is 1. The number of nitrogens with zero attached hydrogens (tertiary/aromatic N) is 1. The molecule has 1 aromatic heterocycles. The minimum absolute atomic E-state index is 0.0493. The van der Waals surface area contributed by atoms with Crippen LogP contribution in [-0.4, -0.2) is 30.1 Å². The second-order valence-electron chi connectivity index (χ2n) is 8.26. The van der Waals surface area contributed by atoms with Gasteiger partial charge in [0.15, 0.2) is 6.61 Å². The van der Waals surface area contributed by atoms with Crippen molar-refractivity contribution >= 4 is 17.5 Å². The molecular formula is C29H27N3O5. The van der Waals surface area contributed by atoms with E-state index < -0.39 is 0 Å². The Balaban J connectivity index is 1.23. The van der Waals surface area contributed by atoms with E-state index in [4.69, 9.17) is 9.47 Å². The second kappa shape index (κ2) is 12.2. The van der Waals surface area contributed by atoms with Crippen molar-refractivity contribution in [3.05, 3.63) is 124 Å². The number of rotatable bonds is 10. The molecule has 0 aliphatic carbocycles. The summed E-state index contributed by atoms with van der Waals surface area (Å²) in [6, 6.07) is 26.4. The van der Waals surface area contributed by atoms with E-state index in [1.54, 1.807) is 72.5 Å². The maximum atomic E-state index is 12.5. The molecule has 0 aliphatic rings. The van der Waals surface area contributed by atoms with Gasteiger partial charge in [-0.25, -0.2) is 0 Å². The number of hydrogen-bond donors (Lipinski definition) is 2. The van der Waals surface area contributed by atoms with Gasteiger partial charge in [0.1, 0.15) is 11.5 Å². The van der Waals surface area contributed by atoms with Crippen LogP contribution in [0.5, 0.6) is 11.5 Å². The predicted molar refractivity (Wildman–Crippen MR) is 141 cm³/mol. The highest BCUT2D eigenvalue weighted by Crippen LogP contribution is 2.17. The highest BCUT2D eigenvalue weighted by atomic mass is 16.5. The standard InChI is InChI=1S/C29H27N3O5/c1-36-26-6-4-5-24(17-26)31-27(33)20-37-25-14-12-23(13-15-25)29(35)30-18-21-8-10-22(11-9-21)19-32-16-3-2-7-28(32)34/h2-17H,18-20H2,1H3,(H,30,35)(H,31,33). The van der Waals surface area contributed by atoms with E-state index in [9.17, 15) is 14.4 Å². The van der Waals surface area contributed by atoms with Gasteiger partial charge in [-0.05, 0) is 53.6 Å². The van der Waals surface area contributed by atoms with Gasteiger partial charge in [-0.3, -0.25) is 14.4 Å². The van der Waals surface area contributed by atoms with Gasteiger partial charge in [0, 0.05) is 36.1 Å². The predicted octanol–water partition coefficient (Wildman–Crippen LogP) is 3.85. The summed E-state index contributed by atoms with van der Waals surface area (Å²) < 4.78 is 12.3. The van der Waals surface area contributed by atoms with Gasteiger partial charge in [-0.2, -0.15) is 0 Å². The van der Waals surface area contributed by atoms with E-state index in [2.05, 4.69) is 10.6 Å². The van der Waals surface area contributed by atoms with Crippen LogP contribution in [0.3, 0.4) is 0 Å². The number of anilines is 1. The summed E-state index contributed by atoms with van der Waals surface area (Å²) in [4.78, 5) is 36.5. The summed E-state index contributed by atoms with van der Waals surface area (Å²) in [6.07, 6.45) is 1.75. The third-order valence-corrected chi connectivity index (χ3v) is 5.57. The van der Waals surface area contributed by atoms with E-state index >= 15 is 0 Å². The van der Waals surface area contributed by atoms with Gasteiger partial charge in [-0.15, -0.1) is 0 Å². The fourth-order valence-corrected chi connectivity index (χ4v) is 3.58. The number of amides is 2. The highest BCUT2D eigenvalue weighted by Gasteiger charge is 2.08. The molecule has 0 fully saturated rings. The third-order valence-electron chi connectivity index (χ3n) is 5.57. The Morgan fingerprint density at radius 3 is 2.32 bits per heavy atom. The average molecular weight is 498 g/mol. The Morgan fingerprint density at radius 1 is 0.838 bits per heavy atom. The van der Waals surface area contributed by atoms with Gasteiger partial charge in [0.2, 0.25) is 0 Å². The molecule has 4 aromatic rings. The molecule has 0 radical (unpaired) electrons. The first-order valence-corrected chi connectivity index (χ1v) is 11.7. The van der Waals surface area contributed by atoms with Crippen molar-refractivity contribution in [2.75, 3.05) is 19.0 Å². The molecule has 8 heteroatoms. The summed E-state index contributed by atoms with van der Waals surface area (Å²) in [5.41, 5.74) is 2.98. The Hall–Kier alpha value is -4.85. The van der Waals surface area contributed by atoms with Crippen molar-refractivity contribution in [3.8, 4) is 11.5 Å². The smallest absolute Gasteiger partial charge is 0.262 e. The summed E-state index contributed by atoms with van der Waals surface area (Å²) in [5, 5.41) is 5.63. The van der Waals surface area contributed by atoms with Crippen LogP contribution in [0, 0.1) is 0 Å².